The summed E-state index contributed by atoms with van der Waals surface area (Å²) in [4.78, 5) is 14.9. The van der Waals surface area contributed by atoms with Crippen molar-refractivity contribution in [2.75, 3.05) is 20.2 Å². The Hall–Kier alpha value is -2.37. The zero-order chi connectivity index (χ0) is 19.6. The Kier molecular flexibility index (Phi) is 5.13. The van der Waals surface area contributed by atoms with Crippen LogP contribution in [0.1, 0.15) is 36.8 Å². The predicted molar refractivity (Wildman–Crippen MR) is 108 cm³/mol. The molecule has 2 N–H and O–H groups in total. The minimum atomic E-state index is -1.35. The van der Waals surface area contributed by atoms with Gasteiger partial charge in [-0.05, 0) is 48.9 Å². The van der Waals surface area contributed by atoms with Gasteiger partial charge in [0.25, 0.3) is 5.91 Å². The van der Waals surface area contributed by atoms with Crippen molar-refractivity contribution in [3.63, 3.8) is 0 Å². The fourth-order valence-corrected chi connectivity index (χ4v) is 4.14. The Bertz CT molecular complexity index is 835. The molecule has 2 aromatic carbocycles. The molecule has 0 bridgehead atoms. The number of nitrogens with one attached hydrogen (secondary N) is 1. The number of likely N-dealkylation sites (tertiary alicyclic amines) is 1. The third-order valence-electron chi connectivity index (χ3n) is 6.01. The van der Waals surface area contributed by atoms with Gasteiger partial charge in [-0.1, -0.05) is 42.5 Å². The van der Waals surface area contributed by atoms with Gasteiger partial charge in [0.05, 0.1) is 7.11 Å². The van der Waals surface area contributed by atoms with Crippen molar-refractivity contribution in [1.29, 1.82) is 0 Å². The van der Waals surface area contributed by atoms with Gasteiger partial charge in [-0.25, -0.2) is 0 Å². The Morgan fingerprint density at radius 3 is 2.61 bits per heavy atom. The van der Waals surface area contributed by atoms with E-state index in [1.165, 1.54) is 5.56 Å². The largest absolute Gasteiger partial charge is 0.497 e. The summed E-state index contributed by atoms with van der Waals surface area (Å²) >= 11 is 0. The second-order valence-electron chi connectivity index (χ2n) is 8.02. The van der Waals surface area contributed by atoms with Crippen LogP contribution in [0.5, 0.6) is 5.75 Å². The van der Waals surface area contributed by atoms with Crippen LogP contribution in [0, 0.1) is 0 Å². The van der Waals surface area contributed by atoms with E-state index >= 15 is 0 Å². The summed E-state index contributed by atoms with van der Waals surface area (Å²) in [6, 6.07) is 18.0. The maximum Gasteiger partial charge on any atom is 0.256 e. The average Bonchev–Trinajstić information content (AvgIpc) is 3.52. The summed E-state index contributed by atoms with van der Waals surface area (Å²) in [6.07, 6.45) is 3.37. The Balaban J connectivity index is 1.43. The van der Waals surface area contributed by atoms with Gasteiger partial charge in [0, 0.05) is 25.2 Å². The van der Waals surface area contributed by atoms with Crippen molar-refractivity contribution in [2.45, 2.75) is 43.4 Å². The van der Waals surface area contributed by atoms with Crippen LogP contribution in [0.2, 0.25) is 0 Å². The van der Waals surface area contributed by atoms with Gasteiger partial charge in [0.1, 0.15) is 5.75 Å². The standard InChI is InChI=1S/C23H28N2O3/c1-28-20-10-5-7-18(15-20)16-25-14-6-11-23(27,21(25)26)17-24-22(12-13-22)19-8-3-2-4-9-19/h2-5,7-10,15,24,27H,6,11-14,16-17H2,1H3. The van der Waals surface area contributed by atoms with E-state index in [4.69, 9.17) is 4.74 Å². The molecule has 0 radical (unpaired) electrons. The van der Waals surface area contributed by atoms with Crippen LogP contribution in [-0.2, 0) is 16.9 Å². The number of piperidine rings is 1. The highest BCUT2D eigenvalue weighted by atomic mass is 16.5. The third-order valence-corrected chi connectivity index (χ3v) is 6.01. The van der Waals surface area contributed by atoms with Crippen LogP contribution in [-0.4, -0.2) is 41.7 Å². The molecule has 5 heteroatoms. The zero-order valence-electron chi connectivity index (χ0n) is 16.4. The quantitative estimate of drug-likeness (QED) is 0.775. The van der Waals surface area contributed by atoms with Crippen LogP contribution in [0.4, 0.5) is 0 Å². The lowest BCUT2D eigenvalue weighted by atomic mass is 9.90. The molecule has 1 heterocycles. The highest BCUT2D eigenvalue weighted by Crippen LogP contribution is 2.45. The Labute approximate surface area is 166 Å². The number of hydrogen-bond acceptors (Lipinski definition) is 4. The number of ether oxygens (including phenoxy) is 1. The number of methoxy groups -OCH3 is 1. The first-order valence-corrected chi connectivity index (χ1v) is 10.00. The number of nitrogens with zero attached hydrogens (tertiary/aromatic N) is 1. The molecular weight excluding hydrogens is 352 g/mol. The summed E-state index contributed by atoms with van der Waals surface area (Å²) in [7, 11) is 1.63. The monoisotopic (exact) mass is 380 g/mol. The van der Waals surface area contributed by atoms with E-state index in [0.717, 1.165) is 30.6 Å². The molecule has 1 saturated carbocycles. The SMILES string of the molecule is COc1cccc(CN2CCCC(O)(CNC3(c4ccccc4)CC3)C2=O)c1. The lowest BCUT2D eigenvalue weighted by Gasteiger charge is -2.39. The number of carbonyl (C=O) groups excluding carboxylic acids is 1. The summed E-state index contributed by atoms with van der Waals surface area (Å²) in [5, 5.41) is 14.7. The summed E-state index contributed by atoms with van der Waals surface area (Å²) in [6.45, 7) is 1.44. The average molecular weight is 380 g/mol. The number of aliphatic hydroxyl groups is 1. The maximum atomic E-state index is 13.1. The normalized spacial score (nSPS) is 23.5. The van der Waals surface area contributed by atoms with Crippen LogP contribution in [0.15, 0.2) is 54.6 Å². The Morgan fingerprint density at radius 1 is 1.11 bits per heavy atom. The minimum absolute atomic E-state index is 0.0909. The van der Waals surface area contributed by atoms with Crippen molar-refractivity contribution < 1.29 is 14.6 Å². The van der Waals surface area contributed by atoms with Gasteiger partial charge in [-0.15, -0.1) is 0 Å². The Morgan fingerprint density at radius 2 is 1.89 bits per heavy atom. The van der Waals surface area contributed by atoms with E-state index in [9.17, 15) is 9.90 Å². The molecule has 1 saturated heterocycles. The lowest BCUT2D eigenvalue weighted by Crippen LogP contribution is -2.58. The molecule has 1 aliphatic heterocycles. The molecular formula is C23H28N2O3. The molecule has 2 aromatic rings. The first-order valence-electron chi connectivity index (χ1n) is 10.00. The van der Waals surface area contributed by atoms with E-state index in [-0.39, 0.29) is 18.0 Å². The first kappa shape index (κ1) is 19.0. The van der Waals surface area contributed by atoms with Crippen LogP contribution in [0.25, 0.3) is 0 Å². The van der Waals surface area contributed by atoms with E-state index in [0.29, 0.717) is 19.5 Å². The topological polar surface area (TPSA) is 61.8 Å². The maximum absolute atomic E-state index is 13.1. The smallest absolute Gasteiger partial charge is 0.256 e. The van der Waals surface area contributed by atoms with Gasteiger partial charge in [0.15, 0.2) is 5.60 Å². The van der Waals surface area contributed by atoms with Crippen molar-refractivity contribution >= 4 is 5.91 Å². The second kappa shape index (κ2) is 7.57. The van der Waals surface area contributed by atoms with Crippen LogP contribution >= 0.6 is 0 Å². The van der Waals surface area contributed by atoms with Crippen molar-refractivity contribution in [1.82, 2.24) is 10.2 Å². The summed E-state index contributed by atoms with van der Waals surface area (Å²) in [5.74, 6) is 0.593. The fraction of sp³-hybridized carbons (Fsp3) is 0.435. The molecule has 1 atom stereocenters. The van der Waals surface area contributed by atoms with E-state index < -0.39 is 5.60 Å². The second-order valence-corrected chi connectivity index (χ2v) is 8.02. The number of benzene rings is 2. The molecule has 5 nitrogen and oxygen atoms in total. The molecule has 2 aliphatic rings. The third kappa shape index (κ3) is 3.77. The molecule has 4 rings (SSSR count). The van der Waals surface area contributed by atoms with Crippen molar-refractivity contribution in [2.24, 2.45) is 0 Å². The van der Waals surface area contributed by atoms with E-state index in [1.807, 2.05) is 42.5 Å². The van der Waals surface area contributed by atoms with E-state index in [2.05, 4.69) is 17.4 Å². The van der Waals surface area contributed by atoms with Gasteiger partial charge < -0.3 is 20.1 Å². The lowest BCUT2D eigenvalue weighted by molar-refractivity contribution is -0.157. The predicted octanol–water partition coefficient (Wildman–Crippen LogP) is 2.83. The number of carbonyl (C=O) groups is 1. The van der Waals surface area contributed by atoms with Crippen LogP contribution in [0.3, 0.4) is 0 Å². The van der Waals surface area contributed by atoms with Crippen LogP contribution < -0.4 is 10.1 Å². The molecule has 1 amide bonds. The molecule has 0 spiro atoms. The fourth-order valence-electron chi connectivity index (χ4n) is 4.14. The molecule has 28 heavy (non-hydrogen) atoms. The number of amides is 1. The van der Waals surface area contributed by atoms with Gasteiger partial charge >= 0.3 is 0 Å². The highest BCUT2D eigenvalue weighted by molar-refractivity contribution is 5.86. The van der Waals surface area contributed by atoms with E-state index in [1.54, 1.807) is 12.0 Å². The van der Waals surface area contributed by atoms with Crippen molar-refractivity contribution in [3.05, 3.63) is 65.7 Å². The summed E-state index contributed by atoms with van der Waals surface area (Å²) in [5.41, 5.74) is 0.802. The minimum Gasteiger partial charge on any atom is -0.497 e. The van der Waals surface area contributed by atoms with Gasteiger partial charge in [-0.3, -0.25) is 4.79 Å². The highest BCUT2D eigenvalue weighted by Gasteiger charge is 2.48. The number of rotatable bonds is 7. The first-order chi connectivity index (χ1) is 13.5. The van der Waals surface area contributed by atoms with Gasteiger partial charge in [0.2, 0.25) is 0 Å². The molecule has 148 valence electrons. The van der Waals surface area contributed by atoms with Gasteiger partial charge in [-0.2, -0.15) is 0 Å². The molecule has 0 aromatic heterocycles. The summed E-state index contributed by atoms with van der Waals surface area (Å²) < 4.78 is 5.27. The molecule has 2 fully saturated rings. The molecule has 1 unspecified atom stereocenters. The zero-order valence-corrected chi connectivity index (χ0v) is 16.4. The number of hydrogen-bond donors (Lipinski definition) is 2. The van der Waals surface area contributed by atoms with Crippen molar-refractivity contribution in [3.8, 4) is 5.75 Å². The molecule has 1 aliphatic carbocycles.